The molecule has 4 aromatic rings. The van der Waals surface area contributed by atoms with Crippen molar-refractivity contribution in [2.75, 3.05) is 62.2 Å². The summed E-state index contributed by atoms with van der Waals surface area (Å²) in [6.45, 7) is 10.7. The lowest BCUT2D eigenvalue weighted by molar-refractivity contribution is -0.141. The van der Waals surface area contributed by atoms with E-state index in [1.807, 2.05) is 47.8 Å². The molecule has 1 aliphatic carbocycles. The number of hydrogen-bond acceptors (Lipinski definition) is 15. The van der Waals surface area contributed by atoms with Crippen molar-refractivity contribution in [3.05, 3.63) is 64.6 Å². The number of aryl methyl sites for hydroxylation is 1. The molecule has 4 aliphatic heterocycles. The number of benzene rings is 1. The lowest BCUT2D eigenvalue weighted by atomic mass is 9.80. The number of β-amino-alcohol motifs (C(OH)–C–C–N with tert-alkyl or cyclic N) is 1. The first kappa shape index (κ1) is 49.9. The molecule has 3 aromatic heterocycles. The number of halogens is 1. The van der Waals surface area contributed by atoms with Crippen LogP contribution in [-0.4, -0.2) is 135 Å². The van der Waals surface area contributed by atoms with Crippen LogP contribution in [0, 0.1) is 24.2 Å². The molecule has 1 saturated carbocycles. The van der Waals surface area contributed by atoms with E-state index in [-0.39, 0.29) is 66.5 Å². The first-order valence-corrected chi connectivity index (χ1v) is 26.7. The number of aliphatic hydroxyl groups is 1. The van der Waals surface area contributed by atoms with E-state index >= 15 is 0 Å². The zero-order chi connectivity index (χ0) is 49.1. The Morgan fingerprint density at radius 1 is 0.971 bits per heavy atom. The van der Waals surface area contributed by atoms with Gasteiger partial charge in [-0.1, -0.05) is 42.4 Å². The van der Waals surface area contributed by atoms with Crippen LogP contribution in [0.5, 0.6) is 5.75 Å². The molecule has 70 heavy (non-hydrogen) atoms. The van der Waals surface area contributed by atoms with Crippen molar-refractivity contribution in [2.24, 2.45) is 23.0 Å². The van der Waals surface area contributed by atoms with Crippen molar-refractivity contribution in [3.8, 4) is 16.2 Å². The SMILES string of the molecule is CC(=O)N[C@H](C(=O)N1C[C@H](O)C[C@H]1C(=O)NCc1ccc(-c2scnc2C)cc1OC1CCN(C(=O)C2CCN(c3nccc(Sc4cnc(N5CCC(C)(CN)CC5)cn4)c3Cl)CC2)CC1)C1CC1. The maximum Gasteiger partial charge on any atom is 0.246 e. The summed E-state index contributed by atoms with van der Waals surface area (Å²) < 4.78 is 6.75. The van der Waals surface area contributed by atoms with Crippen LogP contribution in [0.2, 0.25) is 5.02 Å². The van der Waals surface area contributed by atoms with Gasteiger partial charge in [0.15, 0.2) is 0 Å². The Hall–Kier alpha value is -5.08. The minimum atomic E-state index is -0.871. The summed E-state index contributed by atoms with van der Waals surface area (Å²) in [5.41, 5.74) is 10.6. The highest BCUT2D eigenvalue weighted by Gasteiger charge is 2.46. The number of nitrogens with one attached hydrogen (secondary N) is 2. The van der Waals surface area contributed by atoms with E-state index in [1.165, 1.54) is 23.6 Å². The number of carbonyl (C=O) groups is 4. The summed E-state index contributed by atoms with van der Waals surface area (Å²) >= 11 is 10.0. The summed E-state index contributed by atoms with van der Waals surface area (Å²) in [5.74, 6) is 1.28. The second-order valence-corrected chi connectivity index (χ2v) is 22.2. The summed E-state index contributed by atoms with van der Waals surface area (Å²) in [6.07, 6.45) is 10.9. The number of ether oxygens (including phenoxy) is 1. The van der Waals surface area contributed by atoms with Crippen LogP contribution >= 0.6 is 34.7 Å². The number of likely N-dealkylation sites (tertiary alicyclic amines) is 2. The van der Waals surface area contributed by atoms with Gasteiger partial charge in [0, 0.05) is 101 Å². The average molecular weight is 1010 g/mol. The Balaban J connectivity index is 0.779. The number of anilines is 2. The van der Waals surface area contributed by atoms with Crippen molar-refractivity contribution in [1.29, 1.82) is 0 Å². The number of carbonyl (C=O) groups excluding carboxylic acids is 4. The molecule has 5 fully saturated rings. The van der Waals surface area contributed by atoms with E-state index in [0.717, 1.165) is 76.2 Å². The largest absolute Gasteiger partial charge is 0.490 e. The van der Waals surface area contributed by atoms with Crippen molar-refractivity contribution < 1.29 is 29.0 Å². The fourth-order valence-corrected chi connectivity index (χ4v) is 12.0. The summed E-state index contributed by atoms with van der Waals surface area (Å²) in [5, 5.41) is 17.7. The quantitative estimate of drug-likeness (QED) is 0.117. The third-order valence-corrected chi connectivity index (χ3v) is 17.2. The number of amides is 4. The van der Waals surface area contributed by atoms with Gasteiger partial charge in [0.25, 0.3) is 0 Å². The van der Waals surface area contributed by atoms with Gasteiger partial charge in [-0.15, -0.1) is 11.3 Å². The van der Waals surface area contributed by atoms with Crippen molar-refractivity contribution in [2.45, 2.75) is 119 Å². The Kier molecular flexibility index (Phi) is 15.5. The molecule has 4 amide bonds. The second kappa shape index (κ2) is 21.7. The predicted molar refractivity (Wildman–Crippen MR) is 270 cm³/mol. The van der Waals surface area contributed by atoms with Crippen LogP contribution in [-0.2, 0) is 25.7 Å². The van der Waals surface area contributed by atoms with E-state index < -0.39 is 18.2 Å². The summed E-state index contributed by atoms with van der Waals surface area (Å²) in [6, 6.07) is 6.25. The van der Waals surface area contributed by atoms with Crippen LogP contribution in [0.4, 0.5) is 11.6 Å². The second-order valence-electron chi connectivity index (χ2n) is 19.9. The van der Waals surface area contributed by atoms with Gasteiger partial charge >= 0.3 is 0 Å². The molecule has 9 rings (SSSR count). The first-order chi connectivity index (χ1) is 33.8. The average Bonchev–Trinajstić information content (AvgIpc) is 4.00. The molecule has 17 nitrogen and oxygen atoms in total. The van der Waals surface area contributed by atoms with Crippen LogP contribution in [0.25, 0.3) is 10.4 Å². The molecule has 0 unspecified atom stereocenters. The zero-order valence-electron chi connectivity index (χ0n) is 40.1. The monoisotopic (exact) mass is 1010 g/mol. The molecular weight excluding hydrogens is 950 g/mol. The predicted octanol–water partition coefficient (Wildman–Crippen LogP) is 5.45. The van der Waals surface area contributed by atoms with Crippen LogP contribution in [0.1, 0.15) is 82.9 Å². The number of aromatic nitrogens is 4. The molecule has 1 aromatic carbocycles. The van der Waals surface area contributed by atoms with Crippen molar-refractivity contribution in [1.82, 2.24) is 40.4 Å². The first-order valence-electron chi connectivity index (χ1n) is 24.6. The number of rotatable bonds is 15. The highest BCUT2D eigenvalue weighted by Crippen LogP contribution is 2.40. The maximum absolute atomic E-state index is 14.0. The minimum Gasteiger partial charge on any atom is -0.490 e. The van der Waals surface area contributed by atoms with Crippen molar-refractivity contribution in [3.63, 3.8) is 0 Å². The normalized spacial score (nSPS) is 21.4. The van der Waals surface area contributed by atoms with Gasteiger partial charge in [-0.05, 0) is 81.0 Å². The Labute approximate surface area is 422 Å². The van der Waals surface area contributed by atoms with Crippen LogP contribution in [0.3, 0.4) is 0 Å². The molecule has 0 bridgehead atoms. The van der Waals surface area contributed by atoms with Gasteiger partial charge in [0.2, 0.25) is 23.6 Å². The van der Waals surface area contributed by atoms with Gasteiger partial charge in [-0.3, -0.25) is 19.2 Å². The van der Waals surface area contributed by atoms with E-state index in [1.54, 1.807) is 23.7 Å². The molecule has 7 heterocycles. The Bertz CT molecular complexity index is 2520. The van der Waals surface area contributed by atoms with Gasteiger partial charge in [-0.2, -0.15) is 0 Å². The van der Waals surface area contributed by atoms with Crippen LogP contribution < -0.4 is 30.9 Å². The number of nitrogens with two attached hydrogens (primary N) is 1. The third kappa shape index (κ3) is 11.5. The van der Waals surface area contributed by atoms with E-state index in [4.69, 9.17) is 32.0 Å². The van der Waals surface area contributed by atoms with Crippen LogP contribution in [0.15, 0.2) is 58.3 Å². The molecule has 4 saturated heterocycles. The van der Waals surface area contributed by atoms with E-state index in [0.29, 0.717) is 75.0 Å². The summed E-state index contributed by atoms with van der Waals surface area (Å²) in [4.78, 5) is 81.6. The topological polar surface area (TPSA) is 212 Å². The summed E-state index contributed by atoms with van der Waals surface area (Å²) in [7, 11) is 0. The van der Waals surface area contributed by atoms with E-state index in [9.17, 15) is 24.3 Å². The highest BCUT2D eigenvalue weighted by atomic mass is 35.5. The van der Waals surface area contributed by atoms with Gasteiger partial charge in [0.05, 0.1) is 39.6 Å². The Morgan fingerprint density at radius 2 is 1.73 bits per heavy atom. The van der Waals surface area contributed by atoms with Gasteiger partial charge in [0.1, 0.15) is 40.6 Å². The number of thiazole rings is 1. The molecule has 374 valence electrons. The zero-order valence-corrected chi connectivity index (χ0v) is 42.5. The molecule has 5 N–H and O–H groups in total. The number of hydrogen-bond donors (Lipinski definition) is 4. The number of piperidine rings is 3. The van der Waals surface area contributed by atoms with Gasteiger partial charge in [-0.25, -0.2) is 19.9 Å². The molecule has 5 aliphatic rings. The molecule has 20 heteroatoms. The fourth-order valence-electron chi connectivity index (χ4n) is 10.1. The third-order valence-electron chi connectivity index (χ3n) is 14.8. The fraction of sp³-hybridized carbons (Fsp3) is 0.560. The Morgan fingerprint density at radius 3 is 2.39 bits per heavy atom. The molecular formula is C50H64ClN11O6S2. The minimum absolute atomic E-state index is 0.0286. The molecule has 0 radical (unpaired) electrons. The highest BCUT2D eigenvalue weighted by molar-refractivity contribution is 7.99. The number of aliphatic hydroxyl groups excluding tert-OH is 1. The lowest BCUT2D eigenvalue weighted by Gasteiger charge is -2.39. The van der Waals surface area contributed by atoms with Gasteiger partial charge < -0.3 is 45.8 Å². The number of pyridine rings is 1. The maximum atomic E-state index is 14.0. The van der Waals surface area contributed by atoms with E-state index in [2.05, 4.69) is 37.3 Å². The standard InChI is InChI=1S/C50H64ClN11O6S2/c1-30-45(69-29-57-30)34-6-7-35(24-56-47(65)38-23-36(64)27-62(38)49(67)44(32-4-5-32)58-31(2)63)39(22-34)68-37-11-18-61(19-12-37)48(66)33-9-16-60(17-10-33)46-43(51)40(8-15-53-46)70-42-26-54-41(25-55-42)59-20-13-50(3,28-52)14-21-59/h6-8,15,22,25-26,29,32-33,36-38,44,64H,4-5,9-14,16-21,23-24,27-28,52H2,1-3H3,(H,56,65)(H,58,63)/t36-,38+,44+/m1/s1. The molecule has 3 atom stereocenters. The lowest BCUT2D eigenvalue weighted by Crippen LogP contribution is -2.54. The smallest absolute Gasteiger partial charge is 0.246 e. The molecule has 0 spiro atoms. The van der Waals surface area contributed by atoms with Crippen molar-refractivity contribution >= 4 is 70.0 Å². The number of nitrogens with zero attached hydrogens (tertiary/aromatic N) is 8.